The summed E-state index contributed by atoms with van der Waals surface area (Å²) >= 11 is 0. The number of urea groups is 1. The van der Waals surface area contributed by atoms with E-state index in [0.29, 0.717) is 18.8 Å². The molecule has 1 aromatic rings. The second kappa shape index (κ2) is 4.40. The summed E-state index contributed by atoms with van der Waals surface area (Å²) in [7, 11) is 0. The van der Waals surface area contributed by atoms with E-state index in [1.807, 2.05) is 0 Å². The largest absolute Gasteiger partial charge is 0.487 e. The first kappa shape index (κ1) is 12.5. The van der Waals surface area contributed by atoms with E-state index >= 15 is 0 Å². The van der Waals surface area contributed by atoms with Crippen LogP contribution in [-0.2, 0) is 6.18 Å². The van der Waals surface area contributed by atoms with Gasteiger partial charge in [-0.05, 0) is 24.3 Å². The standard InChI is InChI=1S/C11H11F3N2O2/c12-11(13,14)7-1-3-8(4-2-7)18-9-5-16(6-9)10(15)17/h1-4,9H,5-6H2,(H2,15,17). The van der Waals surface area contributed by atoms with Gasteiger partial charge in [-0.15, -0.1) is 0 Å². The third-order valence-electron chi connectivity index (χ3n) is 2.64. The molecule has 1 aliphatic rings. The highest BCUT2D eigenvalue weighted by Crippen LogP contribution is 2.30. The maximum atomic E-state index is 12.3. The smallest absolute Gasteiger partial charge is 0.416 e. The van der Waals surface area contributed by atoms with Crippen molar-refractivity contribution in [1.82, 2.24) is 4.90 Å². The average Bonchev–Trinajstić information content (AvgIpc) is 2.21. The number of ether oxygens (including phenoxy) is 1. The number of hydrogen-bond donors (Lipinski definition) is 1. The minimum atomic E-state index is -4.35. The van der Waals surface area contributed by atoms with Gasteiger partial charge in [0.05, 0.1) is 18.7 Å². The molecule has 1 aromatic carbocycles. The SMILES string of the molecule is NC(=O)N1CC(Oc2ccc(C(F)(F)F)cc2)C1. The minimum absolute atomic E-state index is 0.214. The zero-order chi connectivity index (χ0) is 13.3. The van der Waals surface area contributed by atoms with Crippen LogP contribution in [0.1, 0.15) is 5.56 Å². The van der Waals surface area contributed by atoms with Crippen LogP contribution in [0.5, 0.6) is 5.75 Å². The van der Waals surface area contributed by atoms with Crippen molar-refractivity contribution in [2.24, 2.45) is 5.73 Å². The van der Waals surface area contributed by atoms with E-state index in [4.69, 9.17) is 10.5 Å². The fourth-order valence-corrected chi connectivity index (χ4v) is 1.61. The van der Waals surface area contributed by atoms with Crippen LogP contribution in [0.3, 0.4) is 0 Å². The maximum Gasteiger partial charge on any atom is 0.416 e. The second-order valence-corrected chi connectivity index (χ2v) is 4.01. The highest BCUT2D eigenvalue weighted by atomic mass is 19.4. The number of hydrogen-bond acceptors (Lipinski definition) is 2. The van der Waals surface area contributed by atoms with Gasteiger partial charge >= 0.3 is 12.2 Å². The summed E-state index contributed by atoms with van der Waals surface area (Å²) in [6.07, 6.45) is -4.56. The van der Waals surface area contributed by atoms with Crippen molar-refractivity contribution in [3.63, 3.8) is 0 Å². The van der Waals surface area contributed by atoms with Crippen LogP contribution < -0.4 is 10.5 Å². The van der Waals surface area contributed by atoms with Crippen LogP contribution in [0.2, 0.25) is 0 Å². The lowest BCUT2D eigenvalue weighted by molar-refractivity contribution is -0.137. The first-order valence-electron chi connectivity index (χ1n) is 5.24. The second-order valence-electron chi connectivity index (χ2n) is 4.01. The molecule has 0 atom stereocenters. The van der Waals surface area contributed by atoms with Gasteiger partial charge in [0.25, 0.3) is 0 Å². The summed E-state index contributed by atoms with van der Waals surface area (Å²) in [4.78, 5) is 12.1. The molecule has 2 amide bonds. The number of nitrogens with two attached hydrogens (primary N) is 1. The zero-order valence-electron chi connectivity index (χ0n) is 9.28. The lowest BCUT2D eigenvalue weighted by atomic mass is 10.1. The Morgan fingerprint density at radius 3 is 2.28 bits per heavy atom. The van der Waals surface area contributed by atoms with Crippen LogP contribution in [0.25, 0.3) is 0 Å². The predicted octanol–water partition coefficient (Wildman–Crippen LogP) is 1.85. The van der Waals surface area contributed by atoms with Gasteiger partial charge in [0.1, 0.15) is 11.9 Å². The molecule has 1 aliphatic heterocycles. The lowest BCUT2D eigenvalue weighted by Crippen LogP contribution is -2.57. The summed E-state index contributed by atoms with van der Waals surface area (Å²) in [6.45, 7) is 0.715. The molecule has 0 aliphatic carbocycles. The number of rotatable bonds is 2. The first-order chi connectivity index (χ1) is 8.36. The van der Waals surface area contributed by atoms with Crippen molar-refractivity contribution >= 4 is 6.03 Å². The highest BCUT2D eigenvalue weighted by molar-refractivity contribution is 5.73. The summed E-state index contributed by atoms with van der Waals surface area (Å²) in [6, 6.07) is 3.91. The van der Waals surface area contributed by atoms with E-state index in [1.54, 1.807) is 0 Å². The third-order valence-corrected chi connectivity index (χ3v) is 2.64. The lowest BCUT2D eigenvalue weighted by Gasteiger charge is -2.37. The maximum absolute atomic E-state index is 12.3. The van der Waals surface area contributed by atoms with Crippen molar-refractivity contribution in [1.29, 1.82) is 0 Å². The van der Waals surface area contributed by atoms with Crippen LogP contribution in [-0.4, -0.2) is 30.1 Å². The number of carbonyl (C=O) groups excluding carboxylic acids is 1. The molecule has 0 radical (unpaired) electrons. The van der Waals surface area contributed by atoms with Gasteiger partial charge in [0.2, 0.25) is 0 Å². The normalized spacial score (nSPS) is 16.3. The number of primary amides is 1. The highest BCUT2D eigenvalue weighted by Gasteiger charge is 2.32. The molecule has 0 unspecified atom stereocenters. The van der Waals surface area contributed by atoms with Crippen LogP contribution in [0, 0.1) is 0 Å². The van der Waals surface area contributed by atoms with Gasteiger partial charge in [0.15, 0.2) is 0 Å². The first-order valence-corrected chi connectivity index (χ1v) is 5.24. The Kier molecular flexibility index (Phi) is 3.06. The Hall–Kier alpha value is -1.92. The fraction of sp³-hybridized carbons (Fsp3) is 0.364. The predicted molar refractivity (Wildman–Crippen MR) is 57.0 cm³/mol. The van der Waals surface area contributed by atoms with Gasteiger partial charge in [-0.25, -0.2) is 4.79 Å². The molecule has 1 saturated heterocycles. The number of likely N-dealkylation sites (tertiary alicyclic amines) is 1. The molecule has 7 heteroatoms. The molecular formula is C11H11F3N2O2. The number of alkyl halides is 3. The van der Waals surface area contributed by atoms with Crippen LogP contribution in [0.4, 0.5) is 18.0 Å². The molecule has 0 saturated carbocycles. The van der Waals surface area contributed by atoms with Gasteiger partial charge < -0.3 is 15.4 Å². The topological polar surface area (TPSA) is 55.6 Å². The van der Waals surface area contributed by atoms with Gasteiger partial charge in [-0.1, -0.05) is 0 Å². The van der Waals surface area contributed by atoms with Crippen molar-refractivity contribution in [3.8, 4) is 5.75 Å². The quantitative estimate of drug-likeness (QED) is 0.882. The fourth-order valence-electron chi connectivity index (χ4n) is 1.61. The molecule has 2 N–H and O–H groups in total. The number of halogens is 3. The van der Waals surface area contributed by atoms with Gasteiger partial charge in [-0.2, -0.15) is 13.2 Å². The van der Waals surface area contributed by atoms with Crippen molar-refractivity contribution in [2.75, 3.05) is 13.1 Å². The molecular weight excluding hydrogens is 249 g/mol. The number of carbonyl (C=O) groups is 1. The summed E-state index contributed by atoms with van der Waals surface area (Å²) in [5.41, 5.74) is 4.31. The molecule has 18 heavy (non-hydrogen) atoms. The Morgan fingerprint density at radius 1 is 1.28 bits per heavy atom. The molecule has 0 aromatic heterocycles. The summed E-state index contributed by atoms with van der Waals surface area (Å²) < 4.78 is 42.3. The Morgan fingerprint density at radius 2 is 1.83 bits per heavy atom. The van der Waals surface area contributed by atoms with Gasteiger partial charge in [-0.3, -0.25) is 0 Å². The number of amides is 2. The molecule has 4 nitrogen and oxygen atoms in total. The van der Waals surface area contributed by atoms with E-state index in [-0.39, 0.29) is 6.10 Å². The van der Waals surface area contributed by atoms with E-state index in [1.165, 1.54) is 17.0 Å². The van der Waals surface area contributed by atoms with Crippen molar-refractivity contribution < 1.29 is 22.7 Å². The molecule has 2 rings (SSSR count). The van der Waals surface area contributed by atoms with E-state index in [0.717, 1.165) is 12.1 Å². The van der Waals surface area contributed by atoms with E-state index in [9.17, 15) is 18.0 Å². The molecule has 0 spiro atoms. The monoisotopic (exact) mass is 260 g/mol. The van der Waals surface area contributed by atoms with Crippen LogP contribution >= 0.6 is 0 Å². The van der Waals surface area contributed by atoms with E-state index in [2.05, 4.69) is 0 Å². The summed E-state index contributed by atoms with van der Waals surface area (Å²) in [5.74, 6) is 0.345. The zero-order valence-corrected chi connectivity index (χ0v) is 9.28. The van der Waals surface area contributed by atoms with Crippen molar-refractivity contribution in [2.45, 2.75) is 12.3 Å². The average molecular weight is 260 g/mol. The summed E-state index contributed by atoms with van der Waals surface area (Å²) in [5, 5.41) is 0. The third kappa shape index (κ3) is 2.66. The van der Waals surface area contributed by atoms with Gasteiger partial charge in [0, 0.05) is 0 Å². The molecule has 98 valence electrons. The molecule has 0 bridgehead atoms. The minimum Gasteiger partial charge on any atom is -0.487 e. The van der Waals surface area contributed by atoms with E-state index < -0.39 is 17.8 Å². The molecule has 1 heterocycles. The molecule has 1 fully saturated rings. The van der Waals surface area contributed by atoms with Crippen LogP contribution in [0.15, 0.2) is 24.3 Å². The number of nitrogens with zero attached hydrogens (tertiary/aromatic N) is 1. The number of benzene rings is 1. The Balaban J connectivity index is 1.90. The van der Waals surface area contributed by atoms with Crippen molar-refractivity contribution in [3.05, 3.63) is 29.8 Å². The Labute approximate surface area is 101 Å². The Bertz CT molecular complexity index is 439.